The van der Waals surface area contributed by atoms with Gasteiger partial charge < -0.3 is 10.6 Å². The average Bonchev–Trinajstić information content (AvgIpc) is 2.72. The number of rotatable bonds is 3. The molecule has 0 atom stereocenters. The fourth-order valence-corrected chi connectivity index (χ4v) is 1.95. The molecule has 1 aromatic heterocycles. The maximum atomic E-state index is 13.8. The highest BCUT2D eigenvalue weighted by molar-refractivity contribution is 6.09. The Morgan fingerprint density at radius 1 is 1.47 bits per heavy atom. The molecular formula is C13H15FN4O. The van der Waals surface area contributed by atoms with Gasteiger partial charge in [-0.1, -0.05) is 12.1 Å². The number of amides is 1. The molecule has 5 nitrogen and oxygen atoms in total. The molecule has 0 spiro atoms. The second kappa shape index (κ2) is 5.09. The molecule has 1 aromatic carbocycles. The summed E-state index contributed by atoms with van der Waals surface area (Å²) in [5.41, 5.74) is 6.75. The molecule has 0 aliphatic rings. The highest BCUT2D eigenvalue weighted by atomic mass is 19.1. The zero-order valence-corrected chi connectivity index (χ0v) is 10.8. The summed E-state index contributed by atoms with van der Waals surface area (Å²) in [6, 6.07) is 6.13. The number of H-pyrrole nitrogens is 1. The maximum Gasteiger partial charge on any atom is 0.263 e. The number of carbonyl (C=O) groups is 1. The lowest BCUT2D eigenvalue weighted by molar-refractivity contribution is 0.0988. The zero-order valence-electron chi connectivity index (χ0n) is 10.8. The van der Waals surface area contributed by atoms with Crippen molar-refractivity contribution in [3.05, 3.63) is 41.3 Å². The minimum Gasteiger partial charge on any atom is -0.382 e. The molecule has 19 heavy (non-hydrogen) atoms. The fraction of sp³-hybridized carbons (Fsp3) is 0.231. The standard InChI is InChI=1S/C13H15FN4O/c1-3-18(10-7-5-4-6-9(10)14)13(19)11-8(2)16-17-12(11)15/h4-7H,3H2,1-2H3,(H3,15,16,17). The molecule has 0 saturated carbocycles. The van der Waals surface area contributed by atoms with E-state index in [0.717, 1.165) is 0 Å². The lowest BCUT2D eigenvalue weighted by Gasteiger charge is -2.21. The minimum atomic E-state index is -0.447. The number of aromatic nitrogens is 2. The van der Waals surface area contributed by atoms with Crippen LogP contribution in [0.5, 0.6) is 0 Å². The van der Waals surface area contributed by atoms with Crippen LogP contribution in [0.1, 0.15) is 23.0 Å². The summed E-state index contributed by atoms with van der Waals surface area (Å²) >= 11 is 0. The van der Waals surface area contributed by atoms with Crippen molar-refractivity contribution in [1.29, 1.82) is 0 Å². The van der Waals surface area contributed by atoms with Crippen LogP contribution in [-0.2, 0) is 0 Å². The van der Waals surface area contributed by atoms with Gasteiger partial charge in [-0.15, -0.1) is 0 Å². The molecule has 0 aliphatic carbocycles. The number of benzene rings is 1. The second-order valence-electron chi connectivity index (χ2n) is 4.11. The first-order chi connectivity index (χ1) is 9.06. The number of anilines is 2. The number of nitrogen functional groups attached to an aromatic ring is 1. The number of nitrogens with two attached hydrogens (primary N) is 1. The van der Waals surface area contributed by atoms with E-state index in [-0.39, 0.29) is 23.0 Å². The maximum absolute atomic E-state index is 13.8. The summed E-state index contributed by atoms with van der Waals surface area (Å²) in [6.07, 6.45) is 0. The summed E-state index contributed by atoms with van der Waals surface area (Å²) in [5, 5.41) is 6.43. The Morgan fingerprint density at radius 3 is 2.68 bits per heavy atom. The van der Waals surface area contributed by atoms with Gasteiger partial charge in [-0.3, -0.25) is 9.89 Å². The van der Waals surface area contributed by atoms with Gasteiger partial charge in [0.25, 0.3) is 5.91 Å². The van der Waals surface area contributed by atoms with Crippen molar-refractivity contribution in [2.24, 2.45) is 0 Å². The summed E-state index contributed by atoms with van der Waals surface area (Å²) in [4.78, 5) is 13.8. The number of nitrogens with zero attached hydrogens (tertiary/aromatic N) is 2. The van der Waals surface area contributed by atoms with Gasteiger partial charge in [-0.05, 0) is 26.0 Å². The van der Waals surface area contributed by atoms with Gasteiger partial charge in [0.05, 0.1) is 5.69 Å². The van der Waals surface area contributed by atoms with E-state index >= 15 is 0 Å². The summed E-state index contributed by atoms with van der Waals surface area (Å²) in [6.45, 7) is 3.81. The molecule has 0 radical (unpaired) electrons. The SMILES string of the molecule is CCN(C(=O)c1c(N)n[nH]c1C)c1ccccc1F. The number of hydrogen-bond donors (Lipinski definition) is 2. The third-order valence-electron chi connectivity index (χ3n) is 2.89. The fourth-order valence-electron chi connectivity index (χ4n) is 1.95. The van der Waals surface area contributed by atoms with E-state index in [4.69, 9.17) is 5.73 Å². The van der Waals surface area contributed by atoms with Gasteiger partial charge in [0.15, 0.2) is 5.82 Å². The van der Waals surface area contributed by atoms with E-state index in [2.05, 4.69) is 10.2 Å². The molecule has 2 rings (SSSR count). The normalized spacial score (nSPS) is 10.5. The van der Waals surface area contributed by atoms with Crippen LogP contribution in [0, 0.1) is 12.7 Å². The summed E-state index contributed by atoms with van der Waals surface area (Å²) in [5.74, 6) is -0.689. The molecule has 0 bridgehead atoms. The van der Waals surface area contributed by atoms with E-state index in [1.165, 1.54) is 11.0 Å². The Bertz CT molecular complexity index is 589. The van der Waals surface area contributed by atoms with Crippen LogP contribution in [0.15, 0.2) is 24.3 Å². The van der Waals surface area contributed by atoms with Crippen LogP contribution in [0.4, 0.5) is 15.9 Å². The van der Waals surface area contributed by atoms with Crippen LogP contribution in [-0.4, -0.2) is 22.6 Å². The number of aromatic amines is 1. The summed E-state index contributed by atoms with van der Waals surface area (Å²) < 4.78 is 13.8. The van der Waals surface area contributed by atoms with Crippen molar-refractivity contribution < 1.29 is 9.18 Å². The molecule has 1 heterocycles. The highest BCUT2D eigenvalue weighted by Gasteiger charge is 2.24. The molecule has 100 valence electrons. The van der Waals surface area contributed by atoms with E-state index in [1.807, 2.05) is 0 Å². The molecule has 0 saturated heterocycles. The molecule has 0 aliphatic heterocycles. The smallest absolute Gasteiger partial charge is 0.263 e. The molecule has 3 N–H and O–H groups in total. The van der Waals surface area contributed by atoms with Gasteiger partial charge in [0.1, 0.15) is 11.4 Å². The number of nitrogens with one attached hydrogen (secondary N) is 1. The predicted molar refractivity (Wildman–Crippen MR) is 71.5 cm³/mol. The van der Waals surface area contributed by atoms with Crippen molar-refractivity contribution in [3.63, 3.8) is 0 Å². The van der Waals surface area contributed by atoms with Crippen molar-refractivity contribution in [2.75, 3.05) is 17.2 Å². The monoisotopic (exact) mass is 262 g/mol. The van der Waals surface area contributed by atoms with E-state index in [1.54, 1.807) is 32.0 Å². The molecule has 1 amide bonds. The van der Waals surface area contributed by atoms with Crippen molar-refractivity contribution in [1.82, 2.24) is 10.2 Å². The minimum absolute atomic E-state index is 0.122. The second-order valence-corrected chi connectivity index (χ2v) is 4.11. The molecular weight excluding hydrogens is 247 g/mol. The number of para-hydroxylation sites is 1. The largest absolute Gasteiger partial charge is 0.382 e. The van der Waals surface area contributed by atoms with Crippen LogP contribution in [0.3, 0.4) is 0 Å². The lowest BCUT2D eigenvalue weighted by Crippen LogP contribution is -2.32. The van der Waals surface area contributed by atoms with E-state index in [9.17, 15) is 9.18 Å². The molecule has 0 unspecified atom stereocenters. The number of halogens is 1. The van der Waals surface area contributed by atoms with Crippen LogP contribution < -0.4 is 10.6 Å². The highest BCUT2D eigenvalue weighted by Crippen LogP contribution is 2.23. The number of hydrogen-bond acceptors (Lipinski definition) is 3. The third kappa shape index (κ3) is 2.29. The Balaban J connectivity index is 2.44. The third-order valence-corrected chi connectivity index (χ3v) is 2.89. The first-order valence-electron chi connectivity index (χ1n) is 5.93. The molecule has 0 fully saturated rings. The van der Waals surface area contributed by atoms with Gasteiger partial charge in [-0.25, -0.2) is 4.39 Å². The number of carbonyl (C=O) groups excluding carboxylic acids is 1. The quantitative estimate of drug-likeness (QED) is 0.889. The molecule has 2 aromatic rings. The van der Waals surface area contributed by atoms with Gasteiger partial charge in [0, 0.05) is 12.2 Å². The summed E-state index contributed by atoms with van der Waals surface area (Å²) in [7, 11) is 0. The molecule has 6 heteroatoms. The Morgan fingerprint density at radius 2 is 2.16 bits per heavy atom. The average molecular weight is 262 g/mol. The van der Waals surface area contributed by atoms with Gasteiger partial charge in [-0.2, -0.15) is 5.10 Å². The number of aryl methyl sites for hydroxylation is 1. The first-order valence-corrected chi connectivity index (χ1v) is 5.93. The Hall–Kier alpha value is -2.37. The van der Waals surface area contributed by atoms with E-state index < -0.39 is 5.82 Å². The van der Waals surface area contributed by atoms with Crippen molar-refractivity contribution >= 4 is 17.4 Å². The van der Waals surface area contributed by atoms with Gasteiger partial charge in [0.2, 0.25) is 0 Å². The Labute approximate surface area is 110 Å². The van der Waals surface area contributed by atoms with Gasteiger partial charge >= 0.3 is 0 Å². The van der Waals surface area contributed by atoms with Crippen LogP contribution in [0.2, 0.25) is 0 Å². The lowest BCUT2D eigenvalue weighted by atomic mass is 10.2. The van der Waals surface area contributed by atoms with E-state index in [0.29, 0.717) is 12.2 Å². The topological polar surface area (TPSA) is 75.0 Å². The predicted octanol–water partition coefficient (Wildman–Crippen LogP) is 2.11. The Kier molecular flexibility index (Phi) is 3.50. The zero-order chi connectivity index (χ0) is 14.0. The van der Waals surface area contributed by atoms with Crippen molar-refractivity contribution in [3.8, 4) is 0 Å². The first kappa shape index (κ1) is 13.1. The van der Waals surface area contributed by atoms with Crippen molar-refractivity contribution in [2.45, 2.75) is 13.8 Å². The van der Waals surface area contributed by atoms with Crippen LogP contribution in [0.25, 0.3) is 0 Å². The van der Waals surface area contributed by atoms with Crippen LogP contribution >= 0.6 is 0 Å².